The van der Waals surface area contributed by atoms with Gasteiger partial charge in [0.25, 0.3) is 0 Å². The van der Waals surface area contributed by atoms with Crippen molar-refractivity contribution < 1.29 is 18.0 Å². The molecular weight excluding hydrogens is 159 g/mol. The highest BCUT2D eigenvalue weighted by molar-refractivity contribution is 5.87. The number of allylic oxidation sites excluding steroid dienone is 1. The Morgan fingerprint density at radius 1 is 1.55 bits per heavy atom. The van der Waals surface area contributed by atoms with Crippen molar-refractivity contribution in [3.63, 3.8) is 0 Å². The number of rotatable bonds is 2. The third-order valence-electron chi connectivity index (χ3n) is 0.865. The first-order valence-electron chi connectivity index (χ1n) is 2.90. The number of hydrogen-bond acceptors (Lipinski definition) is 1. The van der Waals surface area contributed by atoms with E-state index in [4.69, 9.17) is 0 Å². The second-order valence-corrected chi connectivity index (χ2v) is 1.84. The largest absolute Gasteiger partial charge is 0.392 e. The van der Waals surface area contributed by atoms with Crippen molar-refractivity contribution in [2.45, 2.75) is 12.6 Å². The summed E-state index contributed by atoms with van der Waals surface area (Å²) >= 11 is 0. The molecule has 0 rings (SSSR count). The van der Waals surface area contributed by atoms with Gasteiger partial charge in [-0.3, -0.25) is 4.79 Å². The van der Waals surface area contributed by atoms with E-state index in [2.05, 4.69) is 5.32 Å². The molecule has 0 spiro atoms. The van der Waals surface area contributed by atoms with Gasteiger partial charge in [-0.15, -0.1) is 0 Å². The molecule has 0 aliphatic rings. The van der Waals surface area contributed by atoms with Crippen LogP contribution in [0, 0.1) is 0 Å². The van der Waals surface area contributed by atoms with Crippen molar-refractivity contribution in [2.24, 2.45) is 0 Å². The summed E-state index contributed by atoms with van der Waals surface area (Å²) in [5, 5.41) is 2.16. The molecular formula is C6H8F3NO. The van der Waals surface area contributed by atoms with E-state index in [0.29, 0.717) is 0 Å². The van der Waals surface area contributed by atoms with Crippen LogP contribution in [-0.4, -0.2) is 19.1 Å². The molecule has 1 N–H and O–H groups in total. The molecule has 0 heterocycles. The van der Waals surface area contributed by atoms with Crippen molar-refractivity contribution in [1.29, 1.82) is 0 Å². The van der Waals surface area contributed by atoms with E-state index in [1.807, 2.05) is 0 Å². The van der Waals surface area contributed by atoms with Crippen molar-refractivity contribution >= 4 is 5.91 Å². The third-order valence-corrected chi connectivity index (χ3v) is 0.865. The number of nitrogens with one attached hydrogen (secondary N) is 1. The summed E-state index contributed by atoms with van der Waals surface area (Å²) in [6.45, 7) is 0. The highest BCUT2D eigenvalue weighted by Crippen LogP contribution is 2.19. The molecule has 0 aromatic rings. The Kier molecular flexibility index (Phi) is 3.64. The zero-order valence-corrected chi connectivity index (χ0v) is 5.90. The summed E-state index contributed by atoms with van der Waals surface area (Å²) in [7, 11) is 1.35. The highest BCUT2D eigenvalue weighted by atomic mass is 19.4. The molecule has 0 radical (unpaired) electrons. The monoisotopic (exact) mass is 167 g/mol. The first kappa shape index (κ1) is 10.0. The Morgan fingerprint density at radius 3 is 2.45 bits per heavy atom. The zero-order valence-electron chi connectivity index (χ0n) is 5.90. The van der Waals surface area contributed by atoms with E-state index in [1.165, 1.54) is 7.05 Å². The number of likely N-dealkylation sites (N-methyl/N-ethyl adjacent to an activating group) is 1. The van der Waals surface area contributed by atoms with E-state index in [0.717, 1.165) is 12.2 Å². The first-order chi connectivity index (χ1) is 4.95. The molecule has 0 fully saturated rings. The van der Waals surface area contributed by atoms with Crippen LogP contribution in [0.1, 0.15) is 6.42 Å². The molecule has 2 nitrogen and oxygen atoms in total. The zero-order chi connectivity index (χ0) is 8.91. The fraction of sp³-hybridized carbons (Fsp3) is 0.500. The number of alkyl halides is 3. The molecule has 0 aliphatic carbocycles. The minimum Gasteiger partial charge on any atom is -0.356 e. The summed E-state index contributed by atoms with van der Waals surface area (Å²) < 4.78 is 34.3. The van der Waals surface area contributed by atoms with Crippen molar-refractivity contribution in [3.05, 3.63) is 12.2 Å². The first-order valence-corrected chi connectivity index (χ1v) is 2.90. The minimum absolute atomic E-state index is 0.533. The molecule has 0 saturated heterocycles. The number of halogens is 3. The summed E-state index contributed by atoms with van der Waals surface area (Å²) in [4.78, 5) is 10.3. The lowest BCUT2D eigenvalue weighted by molar-refractivity contribution is -0.125. The van der Waals surface area contributed by atoms with Crippen molar-refractivity contribution in [3.8, 4) is 0 Å². The van der Waals surface area contributed by atoms with E-state index < -0.39 is 18.5 Å². The number of amides is 1. The molecule has 0 saturated carbocycles. The van der Waals surface area contributed by atoms with Crippen LogP contribution in [0.3, 0.4) is 0 Å². The molecule has 64 valence electrons. The highest BCUT2D eigenvalue weighted by Gasteiger charge is 2.24. The second-order valence-electron chi connectivity index (χ2n) is 1.84. The molecule has 0 unspecified atom stereocenters. The lowest BCUT2D eigenvalue weighted by Gasteiger charge is -1.99. The van der Waals surface area contributed by atoms with Crippen LogP contribution in [0.15, 0.2) is 12.2 Å². The van der Waals surface area contributed by atoms with E-state index in [-0.39, 0.29) is 0 Å². The number of hydrogen-bond donors (Lipinski definition) is 1. The van der Waals surface area contributed by atoms with Gasteiger partial charge >= 0.3 is 6.18 Å². The quantitative estimate of drug-likeness (QED) is 0.616. The topological polar surface area (TPSA) is 29.1 Å². The maximum Gasteiger partial charge on any atom is 0.392 e. The molecule has 11 heavy (non-hydrogen) atoms. The van der Waals surface area contributed by atoms with Gasteiger partial charge in [0.2, 0.25) is 5.91 Å². The Labute approximate surface area is 62.1 Å². The molecule has 0 aromatic carbocycles. The molecule has 1 amide bonds. The van der Waals surface area contributed by atoms with Gasteiger partial charge in [0.1, 0.15) is 0 Å². The van der Waals surface area contributed by atoms with E-state index in [1.54, 1.807) is 0 Å². The fourth-order valence-corrected chi connectivity index (χ4v) is 0.383. The van der Waals surface area contributed by atoms with Crippen LogP contribution in [0.5, 0.6) is 0 Å². The van der Waals surface area contributed by atoms with E-state index in [9.17, 15) is 18.0 Å². The summed E-state index contributed by atoms with van der Waals surface area (Å²) in [5.41, 5.74) is 0. The minimum atomic E-state index is -4.23. The predicted octanol–water partition coefficient (Wildman–Crippen LogP) is 1.24. The van der Waals surface area contributed by atoms with Gasteiger partial charge in [-0.25, -0.2) is 0 Å². The van der Waals surface area contributed by atoms with Crippen LogP contribution < -0.4 is 5.32 Å². The Hall–Kier alpha value is -1.00. The Morgan fingerprint density at radius 2 is 2.09 bits per heavy atom. The average Bonchev–Trinajstić information content (AvgIpc) is 1.85. The molecule has 5 heteroatoms. The van der Waals surface area contributed by atoms with Crippen LogP contribution >= 0.6 is 0 Å². The normalized spacial score (nSPS) is 12.0. The van der Waals surface area contributed by atoms with Crippen molar-refractivity contribution in [1.82, 2.24) is 5.32 Å². The molecule has 0 bridgehead atoms. The fourth-order valence-electron chi connectivity index (χ4n) is 0.383. The van der Waals surface area contributed by atoms with Gasteiger partial charge < -0.3 is 5.32 Å². The van der Waals surface area contributed by atoms with Crippen LogP contribution in [0.25, 0.3) is 0 Å². The molecule has 0 aliphatic heterocycles. The van der Waals surface area contributed by atoms with Crippen LogP contribution in [0.4, 0.5) is 13.2 Å². The number of carbonyl (C=O) groups is 1. The summed E-state index contributed by atoms with van der Waals surface area (Å²) in [5.74, 6) is -0.533. The molecule has 0 aromatic heterocycles. The van der Waals surface area contributed by atoms with Gasteiger partial charge in [-0.05, 0) is 6.08 Å². The van der Waals surface area contributed by atoms with E-state index >= 15 is 0 Å². The third kappa shape index (κ3) is 6.89. The predicted molar refractivity (Wildman–Crippen MR) is 33.9 cm³/mol. The van der Waals surface area contributed by atoms with Gasteiger partial charge in [0.05, 0.1) is 6.42 Å². The second kappa shape index (κ2) is 4.00. The lowest BCUT2D eigenvalue weighted by Crippen LogP contribution is -2.14. The van der Waals surface area contributed by atoms with Gasteiger partial charge in [0.15, 0.2) is 0 Å². The van der Waals surface area contributed by atoms with Crippen LogP contribution in [-0.2, 0) is 4.79 Å². The Balaban J connectivity index is 3.70. The summed E-state index contributed by atoms with van der Waals surface area (Å²) in [6, 6.07) is 0. The average molecular weight is 167 g/mol. The standard InChI is InChI=1S/C6H8F3NO/c1-10-5(11)3-2-4-6(7,8)9/h2-3H,4H2,1H3,(H,10,11)/b3-2+. The van der Waals surface area contributed by atoms with Gasteiger partial charge in [-0.2, -0.15) is 13.2 Å². The van der Waals surface area contributed by atoms with Gasteiger partial charge in [0, 0.05) is 7.05 Å². The SMILES string of the molecule is CNC(=O)/C=C/CC(F)(F)F. The van der Waals surface area contributed by atoms with Crippen molar-refractivity contribution in [2.75, 3.05) is 7.05 Å². The maximum atomic E-state index is 11.4. The van der Waals surface area contributed by atoms with Crippen LogP contribution in [0.2, 0.25) is 0 Å². The molecule has 0 atom stereocenters. The maximum absolute atomic E-state index is 11.4. The lowest BCUT2D eigenvalue weighted by atomic mass is 10.3. The Bertz CT molecular complexity index is 162. The smallest absolute Gasteiger partial charge is 0.356 e. The number of carbonyl (C=O) groups excluding carboxylic acids is 1. The van der Waals surface area contributed by atoms with Gasteiger partial charge in [-0.1, -0.05) is 6.08 Å². The summed E-state index contributed by atoms with van der Waals surface area (Å²) in [6.07, 6.45) is -3.67.